The fourth-order valence-electron chi connectivity index (χ4n) is 3.17. The van der Waals surface area contributed by atoms with Crippen molar-refractivity contribution >= 4 is 5.97 Å². The third-order valence-corrected chi connectivity index (χ3v) is 4.42. The molecule has 6 nitrogen and oxygen atoms in total. The van der Waals surface area contributed by atoms with Crippen LogP contribution in [-0.4, -0.2) is 58.4 Å². The number of carbonyl (C=O) groups excluding carboxylic acids is 1. The number of carbonyl (C=O) groups is 1. The summed E-state index contributed by atoms with van der Waals surface area (Å²) in [6.07, 6.45) is 4.37. The summed E-state index contributed by atoms with van der Waals surface area (Å²) < 4.78 is 21.2. The maximum absolute atomic E-state index is 11.7. The van der Waals surface area contributed by atoms with E-state index in [1.54, 1.807) is 21.3 Å². The highest BCUT2D eigenvalue weighted by atomic mass is 16.5. The topological polar surface area (TPSA) is 57.2 Å². The Morgan fingerprint density at radius 1 is 1.12 bits per heavy atom. The molecule has 1 aliphatic heterocycles. The molecular weight excluding hydrogens is 334 g/mol. The van der Waals surface area contributed by atoms with Crippen LogP contribution in [0.15, 0.2) is 23.8 Å². The molecular formula is C20H29NO5. The molecule has 0 atom stereocenters. The van der Waals surface area contributed by atoms with Gasteiger partial charge in [-0.25, -0.2) is 0 Å². The van der Waals surface area contributed by atoms with Crippen molar-refractivity contribution in [3.63, 3.8) is 0 Å². The van der Waals surface area contributed by atoms with Crippen molar-refractivity contribution in [1.29, 1.82) is 0 Å². The van der Waals surface area contributed by atoms with Crippen molar-refractivity contribution in [2.75, 3.05) is 47.6 Å². The molecule has 0 amide bonds. The number of methoxy groups -OCH3 is 3. The molecule has 26 heavy (non-hydrogen) atoms. The van der Waals surface area contributed by atoms with E-state index in [2.05, 4.69) is 11.0 Å². The molecule has 0 aliphatic carbocycles. The van der Waals surface area contributed by atoms with Gasteiger partial charge in [0.15, 0.2) is 11.5 Å². The Bertz CT molecular complexity index is 616. The lowest BCUT2D eigenvalue weighted by atomic mass is 10.0. The summed E-state index contributed by atoms with van der Waals surface area (Å²) in [7, 11) is 4.85. The van der Waals surface area contributed by atoms with Crippen molar-refractivity contribution < 1.29 is 23.7 Å². The van der Waals surface area contributed by atoms with Gasteiger partial charge in [-0.15, -0.1) is 0 Å². The number of ether oxygens (including phenoxy) is 4. The molecule has 0 fully saturated rings. The average molecular weight is 363 g/mol. The van der Waals surface area contributed by atoms with Crippen molar-refractivity contribution in [2.45, 2.75) is 26.2 Å². The molecule has 0 saturated heterocycles. The van der Waals surface area contributed by atoms with Gasteiger partial charge in [-0.1, -0.05) is 6.08 Å². The second-order valence-corrected chi connectivity index (χ2v) is 6.19. The molecule has 144 valence electrons. The molecule has 0 aromatic heterocycles. The first-order valence-electron chi connectivity index (χ1n) is 8.96. The van der Waals surface area contributed by atoms with E-state index in [-0.39, 0.29) is 5.97 Å². The molecule has 6 heteroatoms. The van der Waals surface area contributed by atoms with Crippen molar-refractivity contribution in [3.8, 4) is 17.2 Å². The van der Waals surface area contributed by atoms with Crippen LogP contribution < -0.4 is 14.2 Å². The number of nitrogens with zero attached hydrogens (tertiary/aromatic N) is 1. The Hall–Kier alpha value is -2.21. The number of benzene rings is 1. The highest BCUT2D eigenvalue weighted by Gasteiger charge is 2.17. The molecule has 0 radical (unpaired) electrons. The number of hydrogen-bond acceptors (Lipinski definition) is 6. The second kappa shape index (κ2) is 10.1. The Kier molecular flexibility index (Phi) is 7.78. The smallest absolute Gasteiger partial charge is 0.309 e. The maximum Gasteiger partial charge on any atom is 0.309 e. The number of rotatable bonds is 9. The third-order valence-electron chi connectivity index (χ3n) is 4.42. The van der Waals surface area contributed by atoms with E-state index >= 15 is 0 Å². The zero-order valence-corrected chi connectivity index (χ0v) is 16.2. The molecule has 0 spiro atoms. The van der Waals surface area contributed by atoms with Crippen LogP contribution in [0.5, 0.6) is 17.2 Å². The van der Waals surface area contributed by atoms with Crippen LogP contribution in [0.3, 0.4) is 0 Å². The van der Waals surface area contributed by atoms with Gasteiger partial charge >= 0.3 is 5.97 Å². The van der Waals surface area contributed by atoms with Crippen molar-refractivity contribution in [1.82, 2.24) is 4.90 Å². The lowest BCUT2D eigenvalue weighted by molar-refractivity contribution is -0.142. The van der Waals surface area contributed by atoms with Crippen molar-refractivity contribution in [3.05, 3.63) is 29.3 Å². The van der Waals surface area contributed by atoms with Crippen LogP contribution in [0, 0.1) is 0 Å². The van der Waals surface area contributed by atoms with E-state index < -0.39 is 0 Å². The lowest BCUT2D eigenvalue weighted by Gasteiger charge is -2.27. The van der Waals surface area contributed by atoms with Crippen LogP contribution in [-0.2, 0) is 16.0 Å². The van der Waals surface area contributed by atoms with E-state index in [0.717, 1.165) is 43.6 Å². The van der Waals surface area contributed by atoms with Crippen LogP contribution in [0.1, 0.15) is 25.3 Å². The fourth-order valence-corrected chi connectivity index (χ4v) is 3.17. The second-order valence-electron chi connectivity index (χ2n) is 6.19. The molecule has 0 N–H and O–H groups in total. The van der Waals surface area contributed by atoms with Gasteiger partial charge in [-0.2, -0.15) is 0 Å². The summed E-state index contributed by atoms with van der Waals surface area (Å²) in [5, 5.41) is 0. The summed E-state index contributed by atoms with van der Waals surface area (Å²) >= 11 is 0. The van der Waals surface area contributed by atoms with Gasteiger partial charge in [-0.3, -0.25) is 9.69 Å². The summed E-state index contributed by atoms with van der Waals surface area (Å²) in [5.74, 6) is 1.80. The first-order valence-corrected chi connectivity index (χ1v) is 8.96. The van der Waals surface area contributed by atoms with Crippen LogP contribution in [0.25, 0.3) is 0 Å². The lowest BCUT2D eigenvalue weighted by Crippen LogP contribution is -2.32. The van der Waals surface area contributed by atoms with Crippen LogP contribution in [0.4, 0.5) is 0 Å². The summed E-state index contributed by atoms with van der Waals surface area (Å²) in [4.78, 5) is 14.0. The Labute approximate surface area is 155 Å². The SMILES string of the molecule is CCOC(=O)CC1=CCCN(CCc2cc(OC)c(OC)c(OC)c2)C1. The monoisotopic (exact) mass is 363 g/mol. The van der Waals surface area contributed by atoms with E-state index in [0.29, 0.717) is 30.3 Å². The highest BCUT2D eigenvalue weighted by molar-refractivity contribution is 5.72. The van der Waals surface area contributed by atoms with E-state index in [1.807, 2.05) is 19.1 Å². The van der Waals surface area contributed by atoms with Gasteiger partial charge in [0.2, 0.25) is 5.75 Å². The maximum atomic E-state index is 11.7. The normalized spacial score (nSPS) is 14.5. The highest BCUT2D eigenvalue weighted by Crippen LogP contribution is 2.38. The average Bonchev–Trinajstić information content (AvgIpc) is 2.65. The largest absolute Gasteiger partial charge is 0.493 e. The van der Waals surface area contributed by atoms with Gasteiger partial charge in [0, 0.05) is 19.6 Å². The van der Waals surface area contributed by atoms with Gasteiger partial charge in [0.25, 0.3) is 0 Å². The minimum atomic E-state index is -0.148. The first-order chi connectivity index (χ1) is 12.6. The predicted molar refractivity (Wildman–Crippen MR) is 100 cm³/mol. The summed E-state index contributed by atoms with van der Waals surface area (Å²) in [6.45, 7) is 4.96. The standard InChI is InChI=1S/C20H29NO5/c1-5-26-19(22)13-16-7-6-9-21(14-16)10-8-15-11-17(23-2)20(25-4)18(12-15)24-3/h7,11-12H,5-6,8-10,13-14H2,1-4H3. The van der Waals surface area contributed by atoms with Gasteiger partial charge < -0.3 is 18.9 Å². The molecule has 0 bridgehead atoms. The van der Waals surface area contributed by atoms with Gasteiger partial charge in [0.1, 0.15) is 0 Å². The Morgan fingerprint density at radius 3 is 2.38 bits per heavy atom. The van der Waals surface area contributed by atoms with E-state index in [4.69, 9.17) is 18.9 Å². The molecule has 0 unspecified atom stereocenters. The van der Waals surface area contributed by atoms with Crippen molar-refractivity contribution in [2.24, 2.45) is 0 Å². The summed E-state index contributed by atoms with van der Waals surface area (Å²) in [6, 6.07) is 3.97. The van der Waals surface area contributed by atoms with E-state index in [1.165, 1.54) is 0 Å². The molecule has 1 aromatic rings. The Morgan fingerprint density at radius 2 is 1.81 bits per heavy atom. The van der Waals surface area contributed by atoms with Gasteiger partial charge in [0.05, 0.1) is 34.4 Å². The zero-order valence-electron chi connectivity index (χ0n) is 16.2. The molecule has 0 saturated carbocycles. The fraction of sp³-hybridized carbons (Fsp3) is 0.550. The molecule has 2 rings (SSSR count). The minimum absolute atomic E-state index is 0.148. The number of hydrogen-bond donors (Lipinski definition) is 0. The number of esters is 1. The quantitative estimate of drug-likeness (QED) is 0.497. The summed E-state index contributed by atoms with van der Waals surface area (Å²) in [5.41, 5.74) is 2.26. The zero-order chi connectivity index (χ0) is 18.9. The molecule has 1 aliphatic rings. The molecule has 1 heterocycles. The van der Waals surface area contributed by atoms with Crippen LogP contribution in [0.2, 0.25) is 0 Å². The predicted octanol–water partition coefficient (Wildman–Crippen LogP) is 2.84. The Balaban J connectivity index is 1.96. The van der Waals surface area contributed by atoms with E-state index in [9.17, 15) is 4.79 Å². The molecule has 1 aromatic carbocycles. The first kappa shape index (κ1) is 20.1. The minimum Gasteiger partial charge on any atom is -0.493 e. The third kappa shape index (κ3) is 5.39. The van der Waals surface area contributed by atoms with Crippen LogP contribution >= 0.6 is 0 Å². The van der Waals surface area contributed by atoms with Gasteiger partial charge in [-0.05, 0) is 43.0 Å².